The van der Waals surface area contributed by atoms with E-state index in [4.69, 9.17) is 11.6 Å². The number of hydrogen-bond acceptors (Lipinski definition) is 3. The van der Waals surface area contributed by atoms with Crippen LogP contribution >= 0.6 is 11.6 Å². The molecular formula is C18H20ClN3O2. The first-order chi connectivity index (χ1) is 11.3. The maximum Gasteiger partial charge on any atom is 0.246 e. The molecule has 5 nitrogen and oxygen atoms in total. The number of anilines is 3. The van der Waals surface area contributed by atoms with Gasteiger partial charge in [-0.05, 0) is 49.7 Å². The second kappa shape index (κ2) is 7.84. The molecular weight excluding hydrogens is 326 g/mol. The summed E-state index contributed by atoms with van der Waals surface area (Å²) in [6.07, 6.45) is 0. The normalized spacial score (nSPS) is 11.5. The Labute approximate surface area is 146 Å². The van der Waals surface area contributed by atoms with E-state index >= 15 is 0 Å². The standard InChI is InChI=1S/C18H20ClN3O2/c1-11-5-4-6-14(9-11)22-18(24)12(2)20-15-7-8-17(16(19)10-15)21-13(3)23/h4-10,12,20H,1-3H3,(H,21,23)(H,22,24). The topological polar surface area (TPSA) is 70.2 Å². The van der Waals surface area contributed by atoms with Crippen LogP contribution in [0.4, 0.5) is 17.1 Å². The zero-order chi connectivity index (χ0) is 17.7. The summed E-state index contributed by atoms with van der Waals surface area (Å²) < 4.78 is 0. The second-order valence-corrected chi connectivity index (χ2v) is 6.01. The molecule has 0 spiro atoms. The van der Waals surface area contributed by atoms with E-state index in [1.807, 2.05) is 31.2 Å². The third kappa shape index (κ3) is 4.99. The van der Waals surface area contributed by atoms with Gasteiger partial charge in [0.15, 0.2) is 0 Å². The Balaban J connectivity index is 2.00. The van der Waals surface area contributed by atoms with Gasteiger partial charge in [-0.1, -0.05) is 23.7 Å². The predicted molar refractivity (Wildman–Crippen MR) is 98.6 cm³/mol. The highest BCUT2D eigenvalue weighted by atomic mass is 35.5. The number of nitrogens with one attached hydrogen (secondary N) is 3. The van der Waals surface area contributed by atoms with Crippen molar-refractivity contribution in [1.82, 2.24) is 0 Å². The van der Waals surface area contributed by atoms with Crippen molar-refractivity contribution in [3.8, 4) is 0 Å². The van der Waals surface area contributed by atoms with Gasteiger partial charge in [-0.15, -0.1) is 0 Å². The van der Waals surface area contributed by atoms with E-state index in [1.165, 1.54) is 6.92 Å². The fraction of sp³-hybridized carbons (Fsp3) is 0.222. The van der Waals surface area contributed by atoms with Gasteiger partial charge >= 0.3 is 0 Å². The van der Waals surface area contributed by atoms with Crippen molar-refractivity contribution >= 4 is 40.5 Å². The van der Waals surface area contributed by atoms with E-state index in [0.29, 0.717) is 16.4 Å². The summed E-state index contributed by atoms with van der Waals surface area (Å²) in [5.74, 6) is -0.342. The average molecular weight is 346 g/mol. The molecule has 0 fully saturated rings. The lowest BCUT2D eigenvalue weighted by Gasteiger charge is -2.16. The van der Waals surface area contributed by atoms with Crippen LogP contribution in [-0.2, 0) is 9.59 Å². The van der Waals surface area contributed by atoms with Gasteiger partial charge in [-0.2, -0.15) is 0 Å². The first-order valence-corrected chi connectivity index (χ1v) is 7.94. The van der Waals surface area contributed by atoms with E-state index in [1.54, 1.807) is 25.1 Å². The lowest BCUT2D eigenvalue weighted by Crippen LogP contribution is -2.31. The van der Waals surface area contributed by atoms with E-state index in [9.17, 15) is 9.59 Å². The van der Waals surface area contributed by atoms with E-state index in [2.05, 4.69) is 16.0 Å². The molecule has 0 aliphatic heterocycles. The Morgan fingerprint density at radius 1 is 1.04 bits per heavy atom. The molecule has 2 aromatic rings. The fourth-order valence-corrected chi connectivity index (χ4v) is 2.41. The van der Waals surface area contributed by atoms with Crippen molar-refractivity contribution in [2.24, 2.45) is 0 Å². The number of amides is 2. The molecule has 0 radical (unpaired) electrons. The molecule has 0 saturated heterocycles. The van der Waals surface area contributed by atoms with Crippen LogP contribution in [-0.4, -0.2) is 17.9 Å². The van der Waals surface area contributed by atoms with E-state index < -0.39 is 6.04 Å². The Hall–Kier alpha value is -2.53. The summed E-state index contributed by atoms with van der Waals surface area (Å²) in [5.41, 5.74) is 3.06. The van der Waals surface area contributed by atoms with Gasteiger partial charge in [0, 0.05) is 18.3 Å². The van der Waals surface area contributed by atoms with E-state index in [-0.39, 0.29) is 11.8 Å². The Kier molecular flexibility index (Phi) is 5.82. The number of rotatable bonds is 5. The highest BCUT2D eigenvalue weighted by Gasteiger charge is 2.13. The molecule has 126 valence electrons. The number of carbonyl (C=O) groups is 2. The molecule has 0 heterocycles. The van der Waals surface area contributed by atoms with Crippen molar-refractivity contribution in [2.75, 3.05) is 16.0 Å². The minimum Gasteiger partial charge on any atom is -0.374 e. The van der Waals surface area contributed by atoms with Crippen LogP contribution in [0.3, 0.4) is 0 Å². The highest BCUT2D eigenvalue weighted by molar-refractivity contribution is 6.34. The van der Waals surface area contributed by atoms with Gasteiger partial charge < -0.3 is 16.0 Å². The van der Waals surface area contributed by atoms with Gasteiger partial charge in [0.2, 0.25) is 11.8 Å². The summed E-state index contributed by atoms with van der Waals surface area (Å²) >= 11 is 6.13. The lowest BCUT2D eigenvalue weighted by atomic mass is 10.2. The molecule has 0 aliphatic carbocycles. The Morgan fingerprint density at radius 2 is 1.79 bits per heavy atom. The summed E-state index contributed by atoms with van der Waals surface area (Å²) in [5, 5.41) is 8.99. The fourth-order valence-electron chi connectivity index (χ4n) is 2.18. The molecule has 0 aromatic heterocycles. The number of aryl methyl sites for hydroxylation is 1. The molecule has 0 saturated carbocycles. The number of carbonyl (C=O) groups excluding carboxylic acids is 2. The van der Waals surface area contributed by atoms with Crippen molar-refractivity contribution < 1.29 is 9.59 Å². The Bertz CT molecular complexity index is 762. The van der Waals surface area contributed by atoms with Crippen LogP contribution in [0.25, 0.3) is 0 Å². The minimum absolute atomic E-state index is 0.150. The van der Waals surface area contributed by atoms with Crippen LogP contribution in [0.1, 0.15) is 19.4 Å². The molecule has 2 aromatic carbocycles. The minimum atomic E-state index is -0.451. The van der Waals surface area contributed by atoms with Crippen molar-refractivity contribution in [1.29, 1.82) is 0 Å². The van der Waals surface area contributed by atoms with Gasteiger partial charge in [-0.3, -0.25) is 9.59 Å². The van der Waals surface area contributed by atoms with Crippen molar-refractivity contribution in [3.63, 3.8) is 0 Å². The van der Waals surface area contributed by atoms with Gasteiger partial charge in [0.05, 0.1) is 10.7 Å². The quantitative estimate of drug-likeness (QED) is 0.765. The molecule has 24 heavy (non-hydrogen) atoms. The lowest BCUT2D eigenvalue weighted by molar-refractivity contribution is -0.116. The molecule has 1 unspecified atom stereocenters. The summed E-state index contributed by atoms with van der Waals surface area (Å²) in [4.78, 5) is 23.3. The Morgan fingerprint density at radius 3 is 2.42 bits per heavy atom. The van der Waals surface area contributed by atoms with Crippen LogP contribution in [0.2, 0.25) is 5.02 Å². The molecule has 1 atom stereocenters. The first-order valence-electron chi connectivity index (χ1n) is 7.56. The van der Waals surface area contributed by atoms with E-state index in [0.717, 1.165) is 11.3 Å². The molecule has 6 heteroatoms. The monoisotopic (exact) mass is 345 g/mol. The van der Waals surface area contributed by atoms with Crippen LogP contribution < -0.4 is 16.0 Å². The first kappa shape index (κ1) is 17.8. The maximum absolute atomic E-state index is 12.3. The third-order valence-corrected chi connectivity index (χ3v) is 3.65. The molecule has 3 N–H and O–H groups in total. The van der Waals surface area contributed by atoms with Crippen LogP contribution in [0.15, 0.2) is 42.5 Å². The van der Waals surface area contributed by atoms with Gasteiger partial charge in [0.1, 0.15) is 6.04 Å². The largest absolute Gasteiger partial charge is 0.374 e. The molecule has 0 aliphatic rings. The number of benzene rings is 2. The molecule has 2 rings (SSSR count). The summed E-state index contributed by atoms with van der Waals surface area (Å²) in [6.45, 7) is 5.15. The highest BCUT2D eigenvalue weighted by Crippen LogP contribution is 2.26. The average Bonchev–Trinajstić information content (AvgIpc) is 2.49. The zero-order valence-electron chi connectivity index (χ0n) is 13.8. The number of hydrogen-bond donors (Lipinski definition) is 3. The van der Waals surface area contributed by atoms with Crippen LogP contribution in [0.5, 0.6) is 0 Å². The second-order valence-electron chi connectivity index (χ2n) is 5.60. The van der Waals surface area contributed by atoms with Crippen molar-refractivity contribution in [2.45, 2.75) is 26.8 Å². The van der Waals surface area contributed by atoms with Crippen LogP contribution in [0, 0.1) is 6.92 Å². The predicted octanol–water partition coefficient (Wildman–Crippen LogP) is 4.05. The summed E-state index contributed by atoms with van der Waals surface area (Å²) in [6, 6.07) is 12.3. The zero-order valence-corrected chi connectivity index (χ0v) is 14.6. The third-order valence-electron chi connectivity index (χ3n) is 3.34. The van der Waals surface area contributed by atoms with Crippen molar-refractivity contribution in [3.05, 3.63) is 53.1 Å². The number of halogens is 1. The molecule has 2 amide bonds. The SMILES string of the molecule is CC(=O)Nc1ccc(NC(C)C(=O)Nc2cccc(C)c2)cc1Cl. The van der Waals surface area contributed by atoms with Gasteiger partial charge in [-0.25, -0.2) is 0 Å². The summed E-state index contributed by atoms with van der Waals surface area (Å²) in [7, 11) is 0. The maximum atomic E-state index is 12.3. The molecule has 0 bridgehead atoms. The van der Waals surface area contributed by atoms with Gasteiger partial charge in [0.25, 0.3) is 0 Å². The smallest absolute Gasteiger partial charge is 0.246 e.